The number of anilines is 1. The Balaban J connectivity index is 1.66. The van der Waals surface area contributed by atoms with Crippen LogP contribution in [0.3, 0.4) is 0 Å². The van der Waals surface area contributed by atoms with Crippen LogP contribution in [0.15, 0.2) is 72.8 Å². The summed E-state index contributed by atoms with van der Waals surface area (Å²) in [5, 5.41) is 13.4. The van der Waals surface area contributed by atoms with Crippen LogP contribution in [-0.4, -0.2) is 10.8 Å². The van der Waals surface area contributed by atoms with Crippen molar-refractivity contribution in [3.8, 4) is 10.4 Å². The van der Waals surface area contributed by atoms with E-state index >= 15 is 0 Å². The molecule has 1 N–H and O–H groups in total. The molecule has 1 aromatic heterocycles. The third-order valence-corrected chi connectivity index (χ3v) is 4.51. The number of amides is 1. The number of nitrogens with zero attached hydrogens (tertiary/aromatic N) is 1. The second kappa shape index (κ2) is 7.55. The van der Waals surface area contributed by atoms with Gasteiger partial charge in [0.2, 0.25) is 5.91 Å². The van der Waals surface area contributed by atoms with E-state index in [0.29, 0.717) is 5.69 Å². The molecule has 0 aliphatic rings. The number of hydrogen-bond donors (Lipinski definition) is 1. The smallest absolute Gasteiger partial charge is 0.271 e. The molecule has 0 unspecified atom stereocenters. The molecule has 0 fully saturated rings. The van der Waals surface area contributed by atoms with E-state index in [1.165, 1.54) is 24.3 Å². The highest BCUT2D eigenvalue weighted by Crippen LogP contribution is 2.28. The van der Waals surface area contributed by atoms with Gasteiger partial charge in [0.05, 0.1) is 4.92 Å². The standard InChI is InChI=1S/C19H14N2O3S/c22-19(20-15-7-4-8-16(13-15)21(23)24)12-10-17-9-11-18(25-17)14-5-2-1-3-6-14/h1-13H,(H,20,22)/b12-10+. The van der Waals surface area contributed by atoms with Crippen LogP contribution in [-0.2, 0) is 4.79 Å². The van der Waals surface area contributed by atoms with Crippen molar-refractivity contribution < 1.29 is 9.72 Å². The molecule has 1 heterocycles. The fraction of sp³-hybridized carbons (Fsp3) is 0. The summed E-state index contributed by atoms with van der Waals surface area (Å²) in [5.74, 6) is -0.338. The maximum atomic E-state index is 12.0. The predicted octanol–water partition coefficient (Wildman–Crippen LogP) is 4.98. The summed E-state index contributed by atoms with van der Waals surface area (Å²) in [6.45, 7) is 0. The van der Waals surface area contributed by atoms with Gasteiger partial charge in [-0.15, -0.1) is 11.3 Å². The molecule has 3 rings (SSSR count). The van der Waals surface area contributed by atoms with Crippen LogP contribution < -0.4 is 5.32 Å². The van der Waals surface area contributed by atoms with Gasteiger partial charge in [-0.05, 0) is 29.8 Å². The van der Waals surface area contributed by atoms with Crippen LogP contribution in [0.25, 0.3) is 16.5 Å². The van der Waals surface area contributed by atoms with Gasteiger partial charge in [0.1, 0.15) is 0 Å². The zero-order chi connectivity index (χ0) is 17.6. The lowest BCUT2D eigenvalue weighted by Crippen LogP contribution is -2.07. The molecule has 25 heavy (non-hydrogen) atoms. The van der Waals surface area contributed by atoms with Crippen molar-refractivity contribution in [2.45, 2.75) is 0 Å². The molecule has 5 nitrogen and oxygen atoms in total. The van der Waals surface area contributed by atoms with E-state index in [1.54, 1.807) is 23.5 Å². The first-order valence-corrected chi connectivity index (χ1v) is 8.32. The molecule has 6 heteroatoms. The van der Waals surface area contributed by atoms with Gasteiger partial charge in [-0.25, -0.2) is 0 Å². The number of benzene rings is 2. The fourth-order valence-corrected chi connectivity index (χ4v) is 3.16. The molecule has 0 spiro atoms. The topological polar surface area (TPSA) is 72.2 Å². The summed E-state index contributed by atoms with van der Waals surface area (Å²) in [6.07, 6.45) is 3.14. The molecular formula is C19H14N2O3S. The van der Waals surface area contributed by atoms with Crippen LogP contribution in [0.5, 0.6) is 0 Å². The Labute approximate surface area is 148 Å². The zero-order valence-electron chi connectivity index (χ0n) is 13.1. The molecule has 124 valence electrons. The second-order valence-electron chi connectivity index (χ2n) is 5.20. The van der Waals surface area contributed by atoms with Gasteiger partial charge in [-0.2, -0.15) is 0 Å². The van der Waals surface area contributed by atoms with Crippen LogP contribution in [0, 0.1) is 10.1 Å². The minimum atomic E-state index is -0.498. The number of carbonyl (C=O) groups is 1. The summed E-state index contributed by atoms with van der Waals surface area (Å²) in [6, 6.07) is 19.8. The number of carbonyl (C=O) groups excluding carboxylic acids is 1. The third-order valence-electron chi connectivity index (χ3n) is 3.41. The normalized spacial score (nSPS) is 10.7. The van der Waals surface area contributed by atoms with E-state index in [4.69, 9.17) is 0 Å². The van der Waals surface area contributed by atoms with Crippen molar-refractivity contribution in [2.24, 2.45) is 0 Å². The Bertz CT molecular complexity index is 933. The quantitative estimate of drug-likeness (QED) is 0.401. The maximum Gasteiger partial charge on any atom is 0.271 e. The predicted molar refractivity (Wildman–Crippen MR) is 101 cm³/mol. The Kier molecular flexibility index (Phi) is 5.01. The van der Waals surface area contributed by atoms with E-state index in [-0.39, 0.29) is 11.6 Å². The number of thiophene rings is 1. The largest absolute Gasteiger partial charge is 0.322 e. The van der Waals surface area contributed by atoms with Crippen molar-refractivity contribution >= 4 is 34.7 Å². The molecule has 3 aromatic rings. The van der Waals surface area contributed by atoms with Gasteiger partial charge in [0.25, 0.3) is 5.69 Å². The second-order valence-corrected chi connectivity index (χ2v) is 6.31. The molecule has 1 amide bonds. The lowest BCUT2D eigenvalue weighted by atomic mass is 10.2. The van der Waals surface area contributed by atoms with E-state index in [1.807, 2.05) is 42.5 Å². The molecule has 2 aromatic carbocycles. The molecule has 0 atom stereocenters. The summed E-state index contributed by atoms with van der Waals surface area (Å²) < 4.78 is 0. The van der Waals surface area contributed by atoms with Gasteiger partial charge in [-0.1, -0.05) is 36.4 Å². The number of nitro benzene ring substituents is 1. The number of non-ortho nitro benzene ring substituents is 1. The highest BCUT2D eigenvalue weighted by Gasteiger charge is 2.07. The minimum absolute atomic E-state index is 0.0625. The average Bonchev–Trinajstić information content (AvgIpc) is 3.10. The number of rotatable bonds is 5. The van der Waals surface area contributed by atoms with Crippen LogP contribution in [0.1, 0.15) is 4.88 Å². The number of hydrogen-bond acceptors (Lipinski definition) is 4. The molecule has 0 saturated heterocycles. The van der Waals surface area contributed by atoms with Gasteiger partial charge in [0, 0.05) is 33.7 Å². The first-order valence-electron chi connectivity index (χ1n) is 7.50. The molecule has 0 aliphatic carbocycles. The van der Waals surface area contributed by atoms with Gasteiger partial charge >= 0.3 is 0 Å². The monoisotopic (exact) mass is 350 g/mol. The van der Waals surface area contributed by atoms with E-state index < -0.39 is 4.92 Å². The first kappa shape index (κ1) is 16.6. The third kappa shape index (κ3) is 4.39. The average molecular weight is 350 g/mol. The summed E-state index contributed by atoms with van der Waals surface area (Å²) >= 11 is 1.58. The Hall–Kier alpha value is -3.25. The van der Waals surface area contributed by atoms with Crippen LogP contribution >= 0.6 is 11.3 Å². The maximum absolute atomic E-state index is 12.0. The number of nitro groups is 1. The van der Waals surface area contributed by atoms with Crippen LogP contribution in [0.2, 0.25) is 0 Å². The lowest BCUT2D eigenvalue weighted by molar-refractivity contribution is -0.384. The SMILES string of the molecule is O=C(/C=C/c1ccc(-c2ccccc2)s1)Nc1cccc([N+](=O)[O-])c1. The molecule has 0 radical (unpaired) electrons. The summed E-state index contributed by atoms with van der Waals surface area (Å²) in [5.41, 5.74) is 1.46. The van der Waals surface area contributed by atoms with Crippen molar-refractivity contribution in [3.05, 3.63) is 87.8 Å². The highest BCUT2D eigenvalue weighted by molar-refractivity contribution is 7.16. The molecular weight excluding hydrogens is 336 g/mol. The fourth-order valence-electron chi connectivity index (χ4n) is 2.24. The Morgan fingerprint density at radius 2 is 1.84 bits per heavy atom. The number of nitrogens with one attached hydrogen (secondary N) is 1. The lowest BCUT2D eigenvalue weighted by Gasteiger charge is -2.01. The Morgan fingerprint density at radius 1 is 1.04 bits per heavy atom. The summed E-state index contributed by atoms with van der Waals surface area (Å²) in [7, 11) is 0. The van der Waals surface area contributed by atoms with Crippen molar-refractivity contribution in [1.29, 1.82) is 0 Å². The van der Waals surface area contributed by atoms with Gasteiger partial charge < -0.3 is 5.32 Å². The Morgan fingerprint density at radius 3 is 2.60 bits per heavy atom. The van der Waals surface area contributed by atoms with Crippen molar-refractivity contribution in [1.82, 2.24) is 0 Å². The molecule has 0 saturated carbocycles. The van der Waals surface area contributed by atoms with E-state index in [2.05, 4.69) is 5.32 Å². The zero-order valence-corrected chi connectivity index (χ0v) is 13.9. The van der Waals surface area contributed by atoms with E-state index in [9.17, 15) is 14.9 Å². The van der Waals surface area contributed by atoms with Gasteiger partial charge in [0.15, 0.2) is 0 Å². The van der Waals surface area contributed by atoms with Crippen molar-refractivity contribution in [2.75, 3.05) is 5.32 Å². The van der Waals surface area contributed by atoms with E-state index in [0.717, 1.165) is 15.3 Å². The summed E-state index contributed by atoms with van der Waals surface area (Å²) in [4.78, 5) is 24.3. The van der Waals surface area contributed by atoms with Crippen molar-refractivity contribution in [3.63, 3.8) is 0 Å². The van der Waals surface area contributed by atoms with Gasteiger partial charge in [-0.3, -0.25) is 14.9 Å². The minimum Gasteiger partial charge on any atom is -0.322 e. The van der Waals surface area contributed by atoms with Crippen LogP contribution in [0.4, 0.5) is 11.4 Å². The highest BCUT2D eigenvalue weighted by atomic mass is 32.1. The molecule has 0 aliphatic heterocycles. The molecule has 0 bridgehead atoms. The first-order chi connectivity index (χ1) is 12.1.